The first-order valence-corrected chi connectivity index (χ1v) is 10.3. The van der Waals surface area contributed by atoms with E-state index in [1.807, 2.05) is 30.4 Å². The molecule has 4 aromatic rings. The van der Waals surface area contributed by atoms with Gasteiger partial charge < -0.3 is 9.97 Å². The Morgan fingerprint density at radius 2 is 1.16 bits per heavy atom. The maximum atomic E-state index is 4.77. The molecule has 8 bridgehead atoms. The fourth-order valence-corrected chi connectivity index (χ4v) is 3.99. The highest BCUT2D eigenvalue weighted by Crippen LogP contribution is 2.28. The SMILES string of the molecule is Cc1ccc(-c2cc3cc4ccc(cc5nc(cc6nc(cc2[nH]3)C=C6)C=C5)[nH]4)cc1. The van der Waals surface area contributed by atoms with Crippen LogP contribution in [0.3, 0.4) is 0 Å². The van der Waals surface area contributed by atoms with Crippen LogP contribution in [-0.4, -0.2) is 19.9 Å². The van der Waals surface area contributed by atoms with E-state index in [9.17, 15) is 0 Å². The van der Waals surface area contributed by atoms with Gasteiger partial charge in [-0.1, -0.05) is 29.8 Å². The molecule has 2 N–H and O–H groups in total. The van der Waals surface area contributed by atoms with Crippen LogP contribution in [0.25, 0.3) is 57.5 Å². The standard InChI is InChI=1S/C27H20N4/c1-17-2-4-18(5-3-17)26-15-25-14-23-9-8-21(29-23)12-19-6-7-20(28-19)13-22-10-11-24(30-22)16-27(26)31-25/h2-16,29,31H,1H3. The Labute approximate surface area is 179 Å². The van der Waals surface area contributed by atoms with Gasteiger partial charge in [-0.25, -0.2) is 9.97 Å². The fraction of sp³-hybridized carbons (Fsp3) is 0.0370. The van der Waals surface area contributed by atoms with E-state index in [0.29, 0.717) is 0 Å². The van der Waals surface area contributed by atoms with Crippen molar-refractivity contribution in [3.8, 4) is 11.1 Å². The zero-order chi connectivity index (χ0) is 20.8. The Kier molecular flexibility index (Phi) is 3.96. The van der Waals surface area contributed by atoms with Crippen LogP contribution < -0.4 is 0 Å². The van der Waals surface area contributed by atoms with Crippen LogP contribution in [-0.2, 0) is 0 Å². The molecule has 6 rings (SSSR count). The lowest BCUT2D eigenvalue weighted by Gasteiger charge is -1.99. The first kappa shape index (κ1) is 17.7. The molecule has 0 radical (unpaired) electrons. The molecule has 3 aromatic heterocycles. The van der Waals surface area contributed by atoms with Gasteiger partial charge in [0.1, 0.15) is 0 Å². The van der Waals surface area contributed by atoms with E-state index >= 15 is 0 Å². The highest BCUT2D eigenvalue weighted by atomic mass is 14.8. The largest absolute Gasteiger partial charge is 0.355 e. The molecule has 4 nitrogen and oxygen atoms in total. The van der Waals surface area contributed by atoms with Crippen LogP contribution in [0, 0.1) is 6.92 Å². The second kappa shape index (κ2) is 6.96. The summed E-state index contributed by atoms with van der Waals surface area (Å²) in [6.45, 7) is 2.11. The summed E-state index contributed by atoms with van der Waals surface area (Å²) in [5.74, 6) is 0. The summed E-state index contributed by atoms with van der Waals surface area (Å²) in [6, 6.07) is 23.3. The molecule has 0 aliphatic carbocycles. The van der Waals surface area contributed by atoms with Gasteiger partial charge in [-0.3, -0.25) is 0 Å². The molecule has 4 heteroatoms. The number of nitrogens with one attached hydrogen (secondary N) is 2. The molecular formula is C27H20N4. The van der Waals surface area contributed by atoms with E-state index < -0.39 is 0 Å². The second-order valence-electron chi connectivity index (χ2n) is 7.95. The first-order valence-electron chi connectivity index (χ1n) is 10.3. The Balaban J connectivity index is 1.67. The van der Waals surface area contributed by atoms with Crippen LogP contribution in [0.2, 0.25) is 0 Å². The average molecular weight is 400 g/mol. The molecule has 0 saturated heterocycles. The number of H-pyrrole nitrogens is 2. The monoisotopic (exact) mass is 400 g/mol. The summed E-state index contributed by atoms with van der Waals surface area (Å²) < 4.78 is 0. The number of hydrogen-bond acceptors (Lipinski definition) is 2. The molecule has 1 aromatic carbocycles. The minimum Gasteiger partial charge on any atom is -0.355 e. The van der Waals surface area contributed by atoms with Gasteiger partial charge in [0.2, 0.25) is 0 Å². The molecule has 148 valence electrons. The van der Waals surface area contributed by atoms with Crippen molar-refractivity contribution < 1.29 is 0 Å². The number of aromatic amines is 2. The molecule has 31 heavy (non-hydrogen) atoms. The van der Waals surface area contributed by atoms with Crippen molar-refractivity contribution in [2.75, 3.05) is 0 Å². The third kappa shape index (κ3) is 3.49. The van der Waals surface area contributed by atoms with Crippen molar-refractivity contribution in [3.05, 3.63) is 95.1 Å². The topological polar surface area (TPSA) is 57.4 Å². The quantitative estimate of drug-likeness (QED) is 0.325. The summed E-state index contributed by atoms with van der Waals surface area (Å²) in [7, 11) is 0. The Hall–Kier alpha value is -4.18. The van der Waals surface area contributed by atoms with Crippen LogP contribution in [0.15, 0.2) is 66.7 Å². The molecular weight excluding hydrogens is 380 g/mol. The molecule has 0 fully saturated rings. The number of aryl methyl sites for hydroxylation is 1. The fourth-order valence-electron chi connectivity index (χ4n) is 3.99. The lowest BCUT2D eigenvalue weighted by Crippen LogP contribution is -1.79. The molecule has 0 amide bonds. The molecule has 0 atom stereocenters. The van der Waals surface area contributed by atoms with Crippen molar-refractivity contribution in [2.45, 2.75) is 6.92 Å². The molecule has 5 heterocycles. The van der Waals surface area contributed by atoms with Crippen LogP contribution >= 0.6 is 0 Å². The number of fused-ring (bicyclic) bond motifs is 8. The van der Waals surface area contributed by atoms with Crippen LogP contribution in [0.4, 0.5) is 0 Å². The highest BCUT2D eigenvalue weighted by molar-refractivity contribution is 5.88. The van der Waals surface area contributed by atoms with Crippen molar-refractivity contribution in [1.82, 2.24) is 19.9 Å². The molecule has 0 saturated carbocycles. The zero-order valence-corrected chi connectivity index (χ0v) is 17.1. The zero-order valence-electron chi connectivity index (χ0n) is 17.1. The van der Waals surface area contributed by atoms with Crippen molar-refractivity contribution in [2.24, 2.45) is 0 Å². The average Bonchev–Trinajstić information content (AvgIpc) is 3.54. The van der Waals surface area contributed by atoms with E-state index in [0.717, 1.165) is 50.4 Å². The summed E-state index contributed by atoms with van der Waals surface area (Å²) in [5.41, 5.74) is 11.4. The van der Waals surface area contributed by atoms with Gasteiger partial charge in [0.25, 0.3) is 0 Å². The van der Waals surface area contributed by atoms with E-state index in [1.165, 1.54) is 11.1 Å². The highest BCUT2D eigenvalue weighted by Gasteiger charge is 2.07. The van der Waals surface area contributed by atoms with Crippen molar-refractivity contribution >= 4 is 46.4 Å². The van der Waals surface area contributed by atoms with Gasteiger partial charge >= 0.3 is 0 Å². The van der Waals surface area contributed by atoms with E-state index in [2.05, 4.69) is 82.5 Å². The number of rotatable bonds is 1. The Morgan fingerprint density at radius 3 is 1.87 bits per heavy atom. The summed E-state index contributed by atoms with van der Waals surface area (Å²) in [4.78, 5) is 16.5. The maximum absolute atomic E-state index is 4.77. The van der Waals surface area contributed by atoms with Gasteiger partial charge in [-0.2, -0.15) is 0 Å². The van der Waals surface area contributed by atoms with E-state index in [1.54, 1.807) is 0 Å². The van der Waals surface area contributed by atoms with Gasteiger partial charge in [-0.05, 0) is 79.3 Å². The van der Waals surface area contributed by atoms with Gasteiger partial charge in [0, 0.05) is 27.6 Å². The van der Waals surface area contributed by atoms with Crippen LogP contribution in [0.1, 0.15) is 28.3 Å². The number of nitrogens with zero attached hydrogens (tertiary/aromatic N) is 2. The third-order valence-electron chi connectivity index (χ3n) is 5.53. The molecule has 0 unspecified atom stereocenters. The van der Waals surface area contributed by atoms with Crippen LogP contribution in [0.5, 0.6) is 0 Å². The Morgan fingerprint density at radius 1 is 0.548 bits per heavy atom. The van der Waals surface area contributed by atoms with Gasteiger partial charge in [0.15, 0.2) is 0 Å². The molecule has 2 aliphatic rings. The third-order valence-corrected chi connectivity index (χ3v) is 5.53. The van der Waals surface area contributed by atoms with Crippen molar-refractivity contribution in [3.63, 3.8) is 0 Å². The van der Waals surface area contributed by atoms with Crippen molar-refractivity contribution in [1.29, 1.82) is 0 Å². The first-order chi connectivity index (χ1) is 15.2. The molecule has 0 spiro atoms. The minimum atomic E-state index is 0.903. The summed E-state index contributed by atoms with van der Waals surface area (Å²) in [6.07, 6.45) is 8.11. The Bertz CT molecular complexity index is 1530. The normalized spacial score (nSPS) is 12.4. The smallest absolute Gasteiger partial charge is 0.0659 e. The second-order valence-corrected chi connectivity index (χ2v) is 7.95. The van der Waals surface area contributed by atoms with E-state index in [4.69, 9.17) is 4.98 Å². The molecule has 2 aliphatic heterocycles. The van der Waals surface area contributed by atoms with Gasteiger partial charge in [-0.15, -0.1) is 0 Å². The number of benzene rings is 1. The minimum absolute atomic E-state index is 0.903. The summed E-state index contributed by atoms with van der Waals surface area (Å²) >= 11 is 0. The predicted octanol–water partition coefficient (Wildman–Crippen LogP) is 6.63. The maximum Gasteiger partial charge on any atom is 0.0659 e. The lowest BCUT2D eigenvalue weighted by molar-refractivity contribution is 1.28. The number of hydrogen-bond donors (Lipinski definition) is 2. The number of aromatic nitrogens is 4. The lowest BCUT2D eigenvalue weighted by atomic mass is 10.1. The van der Waals surface area contributed by atoms with E-state index in [-0.39, 0.29) is 0 Å². The van der Waals surface area contributed by atoms with Gasteiger partial charge in [0.05, 0.1) is 22.8 Å². The summed E-state index contributed by atoms with van der Waals surface area (Å²) in [5, 5.41) is 0. The predicted molar refractivity (Wildman–Crippen MR) is 129 cm³/mol.